The number of ether oxygens (including phenoxy) is 4. The van der Waals surface area contributed by atoms with E-state index in [-0.39, 0.29) is 47.3 Å². The van der Waals surface area contributed by atoms with Crippen LogP contribution in [0.15, 0.2) is 109 Å². The first-order chi connectivity index (χ1) is 25.9. The number of imide groups is 1. The van der Waals surface area contributed by atoms with Gasteiger partial charge in [0.1, 0.15) is 48.0 Å². The summed E-state index contributed by atoms with van der Waals surface area (Å²) in [4.78, 5) is 40.6. The van der Waals surface area contributed by atoms with Crippen molar-refractivity contribution >= 4 is 23.8 Å². The molecule has 0 aliphatic heterocycles. The summed E-state index contributed by atoms with van der Waals surface area (Å²) in [7, 11) is 0. The molecule has 12 nitrogen and oxygen atoms in total. The minimum atomic E-state index is -1.46. The van der Waals surface area contributed by atoms with Gasteiger partial charge in [-0.1, -0.05) is 24.3 Å². The van der Waals surface area contributed by atoms with Crippen molar-refractivity contribution in [3.8, 4) is 23.5 Å². The van der Waals surface area contributed by atoms with E-state index in [0.29, 0.717) is 11.8 Å². The lowest BCUT2D eigenvalue weighted by Crippen LogP contribution is -2.42. The molecule has 0 bridgehead atoms. The van der Waals surface area contributed by atoms with Crippen molar-refractivity contribution in [3.63, 3.8) is 0 Å². The van der Waals surface area contributed by atoms with E-state index < -0.39 is 53.1 Å². The molecule has 0 spiro atoms. The molecule has 6 aromatic rings. The fourth-order valence-corrected chi connectivity index (χ4v) is 4.00. The molecule has 18 heteroatoms. The van der Waals surface area contributed by atoms with Crippen LogP contribution in [0.3, 0.4) is 0 Å². The summed E-state index contributed by atoms with van der Waals surface area (Å²) >= 11 is 0. The predicted octanol–water partition coefficient (Wildman–Crippen LogP) is 7.73. The number of hydrogen-bond acceptors (Lipinski definition) is 11. The lowest BCUT2D eigenvalue weighted by Gasteiger charge is -2.19. The monoisotopic (exact) mass is 750 g/mol. The zero-order chi connectivity index (χ0) is 38.6. The topological polar surface area (TPSA) is 152 Å². The maximum Gasteiger partial charge on any atom is 0.430 e. The summed E-state index contributed by atoms with van der Waals surface area (Å²) < 4.78 is 100. The highest BCUT2D eigenvalue weighted by atomic mass is 19.1. The molecule has 0 aliphatic carbocycles. The van der Waals surface area contributed by atoms with Crippen LogP contribution >= 0.6 is 0 Å². The van der Waals surface area contributed by atoms with Crippen LogP contribution in [0.25, 0.3) is 0 Å². The van der Waals surface area contributed by atoms with Crippen LogP contribution < -0.4 is 29.6 Å². The Morgan fingerprint density at radius 1 is 0.537 bits per heavy atom. The molecule has 54 heavy (non-hydrogen) atoms. The van der Waals surface area contributed by atoms with Crippen molar-refractivity contribution < 1.29 is 54.9 Å². The SMILES string of the molecule is Nc1nc(OCc2ccc(F)cc2)ncc1F.O=C(Oc1ccc(F)cc1)N(C(=O)Oc1ccc(F)cc1)c1nc(OCc2ccc(F)cc2)ncc1F. The van der Waals surface area contributed by atoms with Gasteiger partial charge in [-0.3, -0.25) is 0 Å². The molecular weight excluding hydrogens is 726 g/mol. The maximum absolute atomic E-state index is 14.8. The van der Waals surface area contributed by atoms with Crippen LogP contribution in [-0.2, 0) is 13.2 Å². The highest BCUT2D eigenvalue weighted by molar-refractivity contribution is 6.09. The molecule has 0 atom stereocenters. The van der Waals surface area contributed by atoms with Gasteiger partial charge in [0.25, 0.3) is 0 Å². The molecule has 4 aromatic carbocycles. The van der Waals surface area contributed by atoms with Crippen LogP contribution in [0.1, 0.15) is 11.1 Å². The number of nitrogen functional groups attached to an aromatic ring is 1. The minimum Gasteiger partial charge on any atom is -0.459 e. The van der Waals surface area contributed by atoms with Crippen molar-refractivity contribution in [2.75, 3.05) is 10.6 Å². The highest BCUT2D eigenvalue weighted by Gasteiger charge is 2.33. The number of anilines is 2. The van der Waals surface area contributed by atoms with Gasteiger partial charge in [-0.25, -0.2) is 45.9 Å². The number of nitrogens with zero attached hydrogens (tertiary/aromatic N) is 5. The fraction of sp³-hybridized carbons (Fsp3) is 0.0556. The van der Waals surface area contributed by atoms with E-state index in [1.165, 1.54) is 36.4 Å². The van der Waals surface area contributed by atoms with Gasteiger partial charge >= 0.3 is 24.2 Å². The van der Waals surface area contributed by atoms with Crippen molar-refractivity contribution in [1.29, 1.82) is 0 Å². The third-order valence-electron chi connectivity index (χ3n) is 6.63. The van der Waals surface area contributed by atoms with Gasteiger partial charge in [0, 0.05) is 0 Å². The summed E-state index contributed by atoms with van der Waals surface area (Å²) in [6, 6.07) is 19.0. The Morgan fingerprint density at radius 2 is 0.907 bits per heavy atom. The van der Waals surface area contributed by atoms with E-state index in [2.05, 4.69) is 19.9 Å². The van der Waals surface area contributed by atoms with E-state index in [1.807, 2.05) is 0 Å². The van der Waals surface area contributed by atoms with E-state index in [1.54, 1.807) is 12.1 Å². The average Bonchev–Trinajstić information content (AvgIpc) is 3.16. The van der Waals surface area contributed by atoms with Crippen molar-refractivity contribution in [3.05, 3.63) is 155 Å². The van der Waals surface area contributed by atoms with Crippen LogP contribution in [0.2, 0.25) is 0 Å². The fourth-order valence-electron chi connectivity index (χ4n) is 4.00. The van der Waals surface area contributed by atoms with E-state index in [4.69, 9.17) is 24.7 Å². The Morgan fingerprint density at radius 3 is 1.31 bits per heavy atom. The number of rotatable bonds is 9. The number of aromatic nitrogens is 4. The Balaban J connectivity index is 0.000000274. The summed E-state index contributed by atoms with van der Waals surface area (Å²) in [5, 5.41) is 0. The molecule has 276 valence electrons. The summed E-state index contributed by atoms with van der Waals surface area (Å²) in [5.41, 5.74) is 6.53. The Bertz CT molecular complexity index is 2140. The molecule has 0 fully saturated rings. The number of nitrogens with two attached hydrogens (primary N) is 1. The predicted molar refractivity (Wildman–Crippen MR) is 177 cm³/mol. The summed E-state index contributed by atoms with van der Waals surface area (Å²) in [5.74, 6) is -5.43. The number of benzene rings is 4. The van der Waals surface area contributed by atoms with Gasteiger partial charge in [-0.2, -0.15) is 14.9 Å². The standard InChI is InChI=1S/C25H15F4N3O5.C11H9F2N3O/c26-16-3-1-15(2-4-16)14-35-23-30-13-21(29)22(31-23)32(24(33)36-19-9-5-17(27)6-10-19)25(34)37-20-11-7-18(28)8-12-20;12-8-3-1-7(2-4-8)6-17-11-15-5-9(13)10(14)16-11/h1-13H,14H2;1-5H,6H2,(H2,14,15,16). The summed E-state index contributed by atoms with van der Waals surface area (Å²) in [6.07, 6.45) is -1.34. The van der Waals surface area contributed by atoms with Crippen LogP contribution in [0.4, 0.5) is 47.6 Å². The van der Waals surface area contributed by atoms with Crippen LogP contribution in [0.5, 0.6) is 23.5 Å². The van der Waals surface area contributed by atoms with Gasteiger partial charge in [-0.05, 0) is 83.9 Å². The lowest BCUT2D eigenvalue weighted by molar-refractivity contribution is 0.190. The summed E-state index contributed by atoms with van der Waals surface area (Å²) in [6.45, 7) is 0.0107. The zero-order valence-corrected chi connectivity index (χ0v) is 27.3. The molecule has 0 aliphatic rings. The Labute approximate surface area is 301 Å². The van der Waals surface area contributed by atoms with E-state index >= 15 is 0 Å². The van der Waals surface area contributed by atoms with Gasteiger partial charge in [0.05, 0.1) is 12.4 Å². The van der Waals surface area contributed by atoms with Crippen LogP contribution in [-0.4, -0.2) is 32.1 Å². The van der Waals surface area contributed by atoms with Gasteiger partial charge in [-0.15, -0.1) is 0 Å². The van der Waals surface area contributed by atoms with E-state index in [9.17, 15) is 35.9 Å². The third kappa shape index (κ3) is 10.9. The van der Waals surface area contributed by atoms with Crippen molar-refractivity contribution in [1.82, 2.24) is 19.9 Å². The number of amides is 2. The van der Waals surface area contributed by atoms with Gasteiger partial charge in [0.15, 0.2) is 23.3 Å². The molecule has 6 rings (SSSR count). The number of hydrogen-bond donors (Lipinski definition) is 1. The largest absolute Gasteiger partial charge is 0.459 e. The second-order valence-electron chi connectivity index (χ2n) is 10.5. The molecule has 2 heterocycles. The minimum absolute atomic E-state index is 0.0202. The Hall–Kier alpha value is -7.24. The molecule has 2 aromatic heterocycles. The first kappa shape index (κ1) is 38.0. The molecule has 0 unspecified atom stereocenters. The number of carbonyl (C=O) groups is 2. The highest BCUT2D eigenvalue weighted by Crippen LogP contribution is 2.24. The molecule has 0 saturated heterocycles. The van der Waals surface area contributed by atoms with Crippen LogP contribution in [0, 0.1) is 34.9 Å². The normalized spacial score (nSPS) is 10.4. The first-order valence-electron chi connectivity index (χ1n) is 15.2. The second kappa shape index (κ2) is 17.8. The van der Waals surface area contributed by atoms with Crippen molar-refractivity contribution in [2.24, 2.45) is 0 Å². The third-order valence-corrected chi connectivity index (χ3v) is 6.63. The number of carbonyl (C=O) groups excluding carboxylic acids is 2. The Kier molecular flexibility index (Phi) is 12.5. The maximum atomic E-state index is 14.8. The molecule has 0 saturated carbocycles. The molecule has 0 radical (unpaired) electrons. The number of halogens is 6. The van der Waals surface area contributed by atoms with E-state index in [0.717, 1.165) is 60.3 Å². The average molecular weight is 751 g/mol. The second-order valence-corrected chi connectivity index (χ2v) is 10.5. The molecule has 2 N–H and O–H groups in total. The molecule has 2 amide bonds. The molecular formula is C36H24F6N6O6. The first-order valence-corrected chi connectivity index (χ1v) is 15.2. The van der Waals surface area contributed by atoms with Crippen molar-refractivity contribution in [2.45, 2.75) is 13.2 Å². The smallest absolute Gasteiger partial charge is 0.430 e. The van der Waals surface area contributed by atoms with Gasteiger partial charge < -0.3 is 24.7 Å². The zero-order valence-electron chi connectivity index (χ0n) is 27.3. The quantitative estimate of drug-likeness (QED) is 0.145. The lowest BCUT2D eigenvalue weighted by atomic mass is 10.2. The van der Waals surface area contributed by atoms with Gasteiger partial charge in [0.2, 0.25) is 0 Å².